The van der Waals surface area contributed by atoms with Gasteiger partial charge in [-0.15, -0.1) is 11.8 Å². The second kappa shape index (κ2) is 3.71. The van der Waals surface area contributed by atoms with E-state index in [-0.39, 0.29) is 4.75 Å². The quantitative estimate of drug-likeness (QED) is 0.616. The van der Waals surface area contributed by atoms with Crippen molar-refractivity contribution in [2.24, 2.45) is 0 Å². The van der Waals surface area contributed by atoms with Gasteiger partial charge in [0.05, 0.1) is 0 Å². The van der Waals surface area contributed by atoms with Crippen LogP contribution in [0.15, 0.2) is 23.1 Å². The molecule has 12 heavy (non-hydrogen) atoms. The topological polar surface area (TPSA) is 0 Å². The Labute approximate surface area is 83.3 Å². The van der Waals surface area contributed by atoms with Crippen LogP contribution in [0.3, 0.4) is 0 Å². The van der Waals surface area contributed by atoms with E-state index in [1.165, 1.54) is 4.90 Å². The van der Waals surface area contributed by atoms with Crippen LogP contribution in [0.25, 0.3) is 0 Å². The molecule has 0 aromatic heterocycles. The molecule has 2 heteroatoms. The van der Waals surface area contributed by atoms with Gasteiger partial charge in [-0.1, -0.05) is 32.4 Å². The Hall–Kier alpha value is -0.140. The van der Waals surface area contributed by atoms with Crippen molar-refractivity contribution < 1.29 is 0 Å². The van der Waals surface area contributed by atoms with Gasteiger partial charge in [0.25, 0.3) is 0 Å². The van der Waals surface area contributed by atoms with Gasteiger partial charge in [-0.2, -0.15) is 0 Å². The van der Waals surface area contributed by atoms with Crippen LogP contribution in [0.5, 0.6) is 0 Å². The summed E-state index contributed by atoms with van der Waals surface area (Å²) in [5, 5.41) is 0.754. The van der Waals surface area contributed by atoms with E-state index in [9.17, 15) is 0 Å². The zero-order valence-electron chi connectivity index (χ0n) is 7.52. The Bertz CT molecular complexity index is 263. The summed E-state index contributed by atoms with van der Waals surface area (Å²) < 4.78 is 0.235. The summed E-state index contributed by atoms with van der Waals surface area (Å²) >= 11 is 7.63. The fraction of sp³-hybridized carbons (Fsp3) is 0.400. The number of thioether (sulfide) groups is 1. The predicted molar refractivity (Wildman–Crippen MR) is 55.9 cm³/mol. The SMILES string of the molecule is CC(C)(C)Sc1c[c]cc(Cl)c1. The molecule has 0 atom stereocenters. The Morgan fingerprint density at radius 3 is 2.50 bits per heavy atom. The van der Waals surface area contributed by atoms with Gasteiger partial charge < -0.3 is 0 Å². The van der Waals surface area contributed by atoms with Crippen molar-refractivity contribution in [2.75, 3.05) is 0 Å². The van der Waals surface area contributed by atoms with Gasteiger partial charge in [-0.25, -0.2) is 0 Å². The summed E-state index contributed by atoms with van der Waals surface area (Å²) in [5.74, 6) is 0. The molecule has 0 amide bonds. The van der Waals surface area contributed by atoms with Gasteiger partial charge in [-0.05, 0) is 24.3 Å². The van der Waals surface area contributed by atoms with Crippen LogP contribution in [0.2, 0.25) is 5.02 Å². The van der Waals surface area contributed by atoms with Crippen LogP contribution in [0.4, 0.5) is 0 Å². The Balaban J connectivity index is 2.77. The molecule has 1 aromatic carbocycles. The lowest BCUT2D eigenvalue weighted by Gasteiger charge is -2.17. The summed E-state index contributed by atoms with van der Waals surface area (Å²) in [6.45, 7) is 6.54. The molecule has 0 aliphatic heterocycles. The summed E-state index contributed by atoms with van der Waals surface area (Å²) in [4.78, 5) is 1.18. The Kier molecular flexibility index (Phi) is 3.08. The van der Waals surface area contributed by atoms with Gasteiger partial charge in [0.2, 0.25) is 0 Å². The highest BCUT2D eigenvalue weighted by Crippen LogP contribution is 2.32. The largest absolute Gasteiger partial charge is 0.120 e. The molecule has 0 spiro atoms. The van der Waals surface area contributed by atoms with Crippen molar-refractivity contribution in [3.05, 3.63) is 29.3 Å². The average molecular weight is 200 g/mol. The summed E-state index contributed by atoms with van der Waals surface area (Å²) in [6.07, 6.45) is 0. The molecule has 0 fully saturated rings. The first-order chi connectivity index (χ1) is 5.47. The molecule has 0 aliphatic rings. The zero-order valence-corrected chi connectivity index (χ0v) is 9.09. The van der Waals surface area contributed by atoms with Gasteiger partial charge in [0, 0.05) is 14.7 Å². The van der Waals surface area contributed by atoms with Gasteiger partial charge in [0.1, 0.15) is 0 Å². The fourth-order valence-electron chi connectivity index (χ4n) is 0.835. The number of hydrogen-bond donors (Lipinski definition) is 0. The predicted octanol–water partition coefficient (Wildman–Crippen LogP) is 4.03. The van der Waals surface area contributed by atoms with Crippen molar-refractivity contribution in [1.29, 1.82) is 0 Å². The van der Waals surface area contributed by atoms with E-state index in [4.69, 9.17) is 11.6 Å². The molecule has 0 saturated carbocycles. The lowest BCUT2D eigenvalue weighted by Crippen LogP contribution is -2.06. The van der Waals surface area contributed by atoms with Gasteiger partial charge in [-0.3, -0.25) is 0 Å². The molecule has 1 aromatic rings. The van der Waals surface area contributed by atoms with Crippen molar-refractivity contribution in [2.45, 2.75) is 30.4 Å². The minimum Gasteiger partial charge on any atom is -0.120 e. The molecule has 0 bridgehead atoms. The number of benzene rings is 1. The molecule has 0 heterocycles. The molecule has 1 rings (SSSR count). The number of hydrogen-bond acceptors (Lipinski definition) is 1. The maximum absolute atomic E-state index is 5.83. The second-order valence-electron chi connectivity index (χ2n) is 3.60. The van der Waals surface area contributed by atoms with E-state index in [2.05, 4.69) is 26.8 Å². The normalized spacial score (nSPS) is 11.7. The minimum atomic E-state index is 0.235. The second-order valence-corrected chi connectivity index (χ2v) is 5.94. The summed E-state index contributed by atoms with van der Waals surface area (Å²) in [7, 11) is 0. The van der Waals surface area contributed by atoms with Crippen molar-refractivity contribution in [3.63, 3.8) is 0 Å². The maximum Gasteiger partial charge on any atom is 0.0423 e. The average Bonchev–Trinajstić information content (AvgIpc) is 1.82. The lowest BCUT2D eigenvalue weighted by molar-refractivity contribution is 0.803. The first-order valence-corrected chi connectivity index (χ1v) is 5.02. The molecule has 0 nitrogen and oxygen atoms in total. The molecule has 65 valence electrons. The summed E-state index contributed by atoms with van der Waals surface area (Å²) in [5.41, 5.74) is 0. The molecular weight excluding hydrogens is 188 g/mol. The van der Waals surface area contributed by atoms with Crippen LogP contribution < -0.4 is 0 Å². The Morgan fingerprint density at radius 1 is 1.33 bits per heavy atom. The van der Waals surface area contributed by atoms with Crippen molar-refractivity contribution in [1.82, 2.24) is 0 Å². The van der Waals surface area contributed by atoms with E-state index < -0.39 is 0 Å². The molecule has 0 aliphatic carbocycles. The zero-order chi connectivity index (χ0) is 9.19. The van der Waals surface area contributed by atoms with Crippen LogP contribution in [0, 0.1) is 6.07 Å². The molecular formula is C10H12ClS. The fourth-order valence-corrected chi connectivity index (χ4v) is 2.10. The lowest BCUT2D eigenvalue weighted by atomic mass is 10.3. The monoisotopic (exact) mass is 199 g/mol. The van der Waals surface area contributed by atoms with E-state index in [1.54, 1.807) is 17.8 Å². The van der Waals surface area contributed by atoms with E-state index >= 15 is 0 Å². The van der Waals surface area contributed by atoms with Crippen molar-refractivity contribution >= 4 is 23.4 Å². The van der Waals surface area contributed by atoms with Crippen LogP contribution in [0.1, 0.15) is 20.8 Å². The molecule has 0 unspecified atom stereocenters. The maximum atomic E-state index is 5.83. The third kappa shape index (κ3) is 3.51. The molecule has 1 radical (unpaired) electrons. The van der Waals surface area contributed by atoms with Crippen LogP contribution in [-0.4, -0.2) is 4.75 Å². The van der Waals surface area contributed by atoms with Crippen LogP contribution >= 0.6 is 23.4 Å². The summed E-state index contributed by atoms with van der Waals surface area (Å²) in [6, 6.07) is 8.70. The highest BCUT2D eigenvalue weighted by Gasteiger charge is 2.11. The first kappa shape index (κ1) is 9.94. The standard InChI is InChI=1S/C10H12ClS/c1-10(2,3)12-9-6-4-5-8(11)7-9/h5-7H,1-3H3. The highest BCUT2D eigenvalue weighted by atomic mass is 35.5. The van der Waals surface area contributed by atoms with Gasteiger partial charge in [0.15, 0.2) is 0 Å². The van der Waals surface area contributed by atoms with E-state index in [0.717, 1.165) is 5.02 Å². The minimum absolute atomic E-state index is 0.235. The van der Waals surface area contributed by atoms with E-state index in [1.807, 2.05) is 12.1 Å². The number of halogens is 1. The highest BCUT2D eigenvalue weighted by molar-refractivity contribution is 8.00. The van der Waals surface area contributed by atoms with E-state index in [0.29, 0.717) is 0 Å². The van der Waals surface area contributed by atoms with Gasteiger partial charge >= 0.3 is 0 Å². The smallest absolute Gasteiger partial charge is 0.0423 e. The molecule has 0 saturated heterocycles. The molecule has 0 N–H and O–H groups in total. The van der Waals surface area contributed by atoms with Crippen molar-refractivity contribution in [3.8, 4) is 0 Å². The first-order valence-electron chi connectivity index (χ1n) is 3.83. The Morgan fingerprint density at radius 2 is 2.00 bits per heavy atom. The third-order valence-corrected chi connectivity index (χ3v) is 2.45. The van der Waals surface area contributed by atoms with Crippen LogP contribution in [-0.2, 0) is 0 Å². The number of rotatable bonds is 1. The third-order valence-electron chi connectivity index (χ3n) is 1.15.